The molecule has 1 N–H and O–H groups in total. The lowest BCUT2D eigenvalue weighted by Crippen LogP contribution is -2.13. The highest BCUT2D eigenvalue weighted by Crippen LogP contribution is 2.36. The molecule has 0 unspecified atom stereocenters. The molecule has 0 fully saturated rings. The average molecular weight is 377 g/mol. The summed E-state index contributed by atoms with van der Waals surface area (Å²) in [4.78, 5) is 12.4. The third kappa shape index (κ3) is 3.48. The molecule has 0 radical (unpaired) electrons. The van der Waals surface area contributed by atoms with E-state index in [9.17, 15) is 9.18 Å². The zero-order chi connectivity index (χ0) is 18.7. The summed E-state index contributed by atoms with van der Waals surface area (Å²) < 4.78 is 29.2. The third-order valence-electron chi connectivity index (χ3n) is 3.60. The molecule has 134 valence electrons. The molecular weight excluding hydrogens is 363 g/mol. The number of ether oxygens (including phenoxy) is 2. The van der Waals surface area contributed by atoms with Crippen molar-refractivity contribution < 1.29 is 23.2 Å². The van der Waals surface area contributed by atoms with E-state index in [-0.39, 0.29) is 17.0 Å². The summed E-state index contributed by atoms with van der Waals surface area (Å²) in [6.07, 6.45) is 0. The van der Waals surface area contributed by atoms with E-state index in [2.05, 4.69) is 10.5 Å². The SMILES string of the molecule is COc1cc(NC(=O)c2cc(-c3ccccc3F)on2)c(OC)cc1Cl. The molecule has 0 saturated carbocycles. The van der Waals surface area contributed by atoms with Gasteiger partial charge in [-0.15, -0.1) is 0 Å². The van der Waals surface area contributed by atoms with Crippen LogP contribution in [0.1, 0.15) is 10.5 Å². The highest BCUT2D eigenvalue weighted by molar-refractivity contribution is 6.32. The topological polar surface area (TPSA) is 73.6 Å². The number of carbonyl (C=O) groups excluding carboxylic acids is 1. The largest absolute Gasteiger partial charge is 0.495 e. The summed E-state index contributed by atoms with van der Waals surface area (Å²) in [6.45, 7) is 0. The molecule has 3 aromatic rings. The van der Waals surface area contributed by atoms with E-state index >= 15 is 0 Å². The first-order valence-corrected chi connectivity index (χ1v) is 7.85. The van der Waals surface area contributed by atoms with Crippen molar-refractivity contribution in [3.05, 3.63) is 59.0 Å². The minimum absolute atomic E-state index is 0.0146. The Kier molecular flexibility index (Phi) is 5.09. The Balaban J connectivity index is 1.87. The smallest absolute Gasteiger partial charge is 0.277 e. The van der Waals surface area contributed by atoms with E-state index in [1.807, 2.05) is 0 Å². The standard InChI is InChI=1S/C18H14ClFN2O4/c1-24-16-8-13(17(25-2)7-11(16)19)21-18(23)14-9-15(26-22-14)10-5-3-4-6-12(10)20/h3-9H,1-2H3,(H,21,23). The molecular formula is C18H14ClFN2O4. The van der Waals surface area contributed by atoms with E-state index in [1.165, 1.54) is 44.6 Å². The zero-order valence-electron chi connectivity index (χ0n) is 13.9. The molecule has 1 amide bonds. The zero-order valence-corrected chi connectivity index (χ0v) is 14.6. The maximum Gasteiger partial charge on any atom is 0.277 e. The second kappa shape index (κ2) is 7.45. The Bertz CT molecular complexity index is 958. The lowest BCUT2D eigenvalue weighted by Gasteiger charge is -2.12. The fourth-order valence-electron chi connectivity index (χ4n) is 2.31. The van der Waals surface area contributed by atoms with Crippen molar-refractivity contribution >= 4 is 23.2 Å². The van der Waals surface area contributed by atoms with Crippen LogP contribution < -0.4 is 14.8 Å². The van der Waals surface area contributed by atoms with Gasteiger partial charge < -0.3 is 19.3 Å². The number of hydrogen-bond acceptors (Lipinski definition) is 5. The minimum atomic E-state index is -0.556. The van der Waals surface area contributed by atoms with Crippen LogP contribution in [0.4, 0.5) is 10.1 Å². The van der Waals surface area contributed by atoms with Crippen LogP contribution in [0.3, 0.4) is 0 Å². The predicted molar refractivity (Wildman–Crippen MR) is 94.4 cm³/mol. The summed E-state index contributed by atoms with van der Waals surface area (Å²) in [6, 6.07) is 10.4. The Morgan fingerprint density at radius 1 is 1.15 bits per heavy atom. The van der Waals surface area contributed by atoms with Crippen molar-refractivity contribution in [3.63, 3.8) is 0 Å². The summed E-state index contributed by atoms with van der Waals surface area (Å²) in [5, 5.41) is 6.67. The van der Waals surface area contributed by atoms with Crippen molar-refractivity contribution in [2.24, 2.45) is 0 Å². The quantitative estimate of drug-likeness (QED) is 0.714. The predicted octanol–water partition coefficient (Wildman–Crippen LogP) is 4.40. The van der Waals surface area contributed by atoms with Gasteiger partial charge in [0.1, 0.15) is 17.3 Å². The Morgan fingerprint density at radius 2 is 1.88 bits per heavy atom. The first-order chi connectivity index (χ1) is 12.5. The second-order valence-corrected chi connectivity index (χ2v) is 5.60. The van der Waals surface area contributed by atoms with Crippen LogP contribution in [-0.4, -0.2) is 25.3 Å². The van der Waals surface area contributed by atoms with Crippen molar-refractivity contribution in [2.45, 2.75) is 0 Å². The van der Waals surface area contributed by atoms with Crippen LogP contribution in [0.15, 0.2) is 47.0 Å². The first-order valence-electron chi connectivity index (χ1n) is 7.48. The van der Waals surface area contributed by atoms with Crippen LogP contribution in [-0.2, 0) is 0 Å². The lowest BCUT2D eigenvalue weighted by molar-refractivity contribution is 0.101. The van der Waals surface area contributed by atoms with Gasteiger partial charge in [-0.2, -0.15) is 0 Å². The van der Waals surface area contributed by atoms with Gasteiger partial charge in [0.2, 0.25) is 0 Å². The Morgan fingerprint density at radius 3 is 2.58 bits per heavy atom. The number of hydrogen-bond donors (Lipinski definition) is 1. The van der Waals surface area contributed by atoms with Crippen LogP contribution in [0.2, 0.25) is 5.02 Å². The number of rotatable bonds is 5. The molecule has 26 heavy (non-hydrogen) atoms. The number of amides is 1. The van der Waals surface area contributed by atoms with Gasteiger partial charge in [0.05, 0.1) is 30.5 Å². The van der Waals surface area contributed by atoms with Crippen molar-refractivity contribution in [1.29, 1.82) is 0 Å². The molecule has 0 saturated heterocycles. The molecule has 0 atom stereocenters. The number of aromatic nitrogens is 1. The van der Waals surface area contributed by atoms with Crippen LogP contribution in [0.5, 0.6) is 11.5 Å². The maximum absolute atomic E-state index is 13.8. The van der Waals surface area contributed by atoms with Gasteiger partial charge in [0.25, 0.3) is 5.91 Å². The fraction of sp³-hybridized carbons (Fsp3) is 0.111. The van der Waals surface area contributed by atoms with E-state index in [0.717, 1.165) is 0 Å². The van der Waals surface area contributed by atoms with Gasteiger partial charge in [-0.1, -0.05) is 28.9 Å². The molecule has 2 aromatic carbocycles. The highest BCUT2D eigenvalue weighted by atomic mass is 35.5. The number of benzene rings is 2. The van der Waals surface area contributed by atoms with Crippen LogP contribution in [0.25, 0.3) is 11.3 Å². The number of methoxy groups -OCH3 is 2. The number of halogens is 2. The molecule has 3 rings (SSSR count). The summed E-state index contributed by atoms with van der Waals surface area (Å²) >= 11 is 6.04. The van der Waals surface area contributed by atoms with Crippen molar-refractivity contribution in [1.82, 2.24) is 5.16 Å². The molecule has 0 aliphatic heterocycles. The van der Waals surface area contributed by atoms with Crippen LogP contribution >= 0.6 is 11.6 Å². The third-order valence-corrected chi connectivity index (χ3v) is 3.90. The second-order valence-electron chi connectivity index (χ2n) is 5.20. The number of anilines is 1. The Hall–Kier alpha value is -3.06. The number of nitrogens with one attached hydrogen (secondary N) is 1. The lowest BCUT2D eigenvalue weighted by atomic mass is 10.1. The van der Waals surface area contributed by atoms with Gasteiger partial charge in [0, 0.05) is 18.2 Å². The van der Waals surface area contributed by atoms with E-state index in [4.69, 9.17) is 25.6 Å². The Labute approximate surface area is 153 Å². The van der Waals surface area contributed by atoms with Gasteiger partial charge in [-0.25, -0.2) is 4.39 Å². The van der Waals surface area contributed by atoms with Gasteiger partial charge in [0.15, 0.2) is 11.5 Å². The average Bonchev–Trinajstić information content (AvgIpc) is 3.13. The maximum atomic E-state index is 13.8. The first kappa shape index (κ1) is 17.8. The monoisotopic (exact) mass is 376 g/mol. The molecule has 1 aromatic heterocycles. The molecule has 6 nitrogen and oxygen atoms in total. The minimum Gasteiger partial charge on any atom is -0.495 e. The highest BCUT2D eigenvalue weighted by Gasteiger charge is 2.18. The van der Waals surface area contributed by atoms with E-state index in [1.54, 1.807) is 12.1 Å². The molecule has 0 spiro atoms. The van der Waals surface area contributed by atoms with Gasteiger partial charge in [-0.05, 0) is 12.1 Å². The van der Waals surface area contributed by atoms with Gasteiger partial charge in [-0.3, -0.25) is 4.79 Å². The normalized spacial score (nSPS) is 10.5. The van der Waals surface area contributed by atoms with E-state index in [0.29, 0.717) is 22.2 Å². The van der Waals surface area contributed by atoms with Crippen molar-refractivity contribution in [2.75, 3.05) is 19.5 Å². The van der Waals surface area contributed by atoms with Gasteiger partial charge >= 0.3 is 0 Å². The molecule has 8 heteroatoms. The molecule has 1 heterocycles. The molecule has 0 bridgehead atoms. The van der Waals surface area contributed by atoms with Crippen LogP contribution in [0, 0.1) is 5.82 Å². The summed E-state index contributed by atoms with van der Waals surface area (Å²) in [5.74, 6) is -0.162. The number of nitrogens with zero attached hydrogens (tertiary/aromatic N) is 1. The fourth-order valence-corrected chi connectivity index (χ4v) is 2.55. The molecule has 0 aliphatic rings. The molecule has 0 aliphatic carbocycles. The number of carbonyl (C=O) groups is 1. The van der Waals surface area contributed by atoms with Crippen molar-refractivity contribution in [3.8, 4) is 22.8 Å². The summed E-state index contributed by atoms with van der Waals surface area (Å²) in [7, 11) is 2.90. The van der Waals surface area contributed by atoms with E-state index < -0.39 is 11.7 Å². The summed E-state index contributed by atoms with van der Waals surface area (Å²) in [5.41, 5.74) is 0.540.